The van der Waals surface area contributed by atoms with Gasteiger partial charge in [-0.2, -0.15) is 0 Å². The minimum atomic E-state index is -0.00319. The van der Waals surface area contributed by atoms with Crippen molar-refractivity contribution < 1.29 is 5.11 Å². The molecule has 1 fully saturated rings. The topological polar surface area (TPSA) is 20.2 Å². The van der Waals surface area contributed by atoms with Gasteiger partial charge in [0.1, 0.15) is 0 Å². The van der Waals surface area contributed by atoms with Gasteiger partial charge in [-0.1, -0.05) is 26.7 Å². The first-order valence-corrected chi connectivity index (χ1v) is 4.47. The molecule has 0 heterocycles. The second-order valence-corrected chi connectivity index (χ2v) is 3.42. The summed E-state index contributed by atoms with van der Waals surface area (Å²) in [5.74, 6) is 1.52. The standard InChI is InChI=1S/C9H18O/c1-3-5-7-6-8(7)9(10)4-2/h7-10H,3-6H2,1-2H3/t7-,8-,9-/m1/s1. The molecule has 10 heavy (non-hydrogen) atoms. The van der Waals surface area contributed by atoms with Crippen molar-refractivity contribution in [3.05, 3.63) is 0 Å². The average Bonchev–Trinajstić information content (AvgIpc) is 2.67. The van der Waals surface area contributed by atoms with E-state index < -0.39 is 0 Å². The van der Waals surface area contributed by atoms with Crippen molar-refractivity contribution in [1.29, 1.82) is 0 Å². The van der Waals surface area contributed by atoms with E-state index in [2.05, 4.69) is 13.8 Å². The molecule has 60 valence electrons. The summed E-state index contributed by atoms with van der Waals surface area (Å²) < 4.78 is 0. The van der Waals surface area contributed by atoms with Crippen LogP contribution in [0.5, 0.6) is 0 Å². The Balaban J connectivity index is 2.12. The van der Waals surface area contributed by atoms with Gasteiger partial charge in [-0.05, 0) is 24.7 Å². The summed E-state index contributed by atoms with van der Waals surface area (Å²) in [6.45, 7) is 4.28. The number of rotatable bonds is 4. The molecule has 0 radical (unpaired) electrons. The average molecular weight is 142 g/mol. The van der Waals surface area contributed by atoms with Crippen LogP contribution < -0.4 is 0 Å². The Morgan fingerprint density at radius 1 is 1.50 bits per heavy atom. The van der Waals surface area contributed by atoms with E-state index >= 15 is 0 Å². The third kappa shape index (κ3) is 1.72. The molecule has 0 spiro atoms. The molecule has 0 bridgehead atoms. The van der Waals surface area contributed by atoms with Crippen molar-refractivity contribution in [2.75, 3.05) is 0 Å². The number of hydrogen-bond acceptors (Lipinski definition) is 1. The molecule has 1 N–H and O–H groups in total. The van der Waals surface area contributed by atoms with Gasteiger partial charge < -0.3 is 5.11 Å². The van der Waals surface area contributed by atoms with Crippen molar-refractivity contribution in [3.63, 3.8) is 0 Å². The van der Waals surface area contributed by atoms with E-state index in [1.54, 1.807) is 0 Å². The Morgan fingerprint density at radius 2 is 2.20 bits per heavy atom. The predicted octanol–water partition coefficient (Wildman–Crippen LogP) is 2.19. The van der Waals surface area contributed by atoms with Gasteiger partial charge in [0.2, 0.25) is 0 Å². The molecule has 0 unspecified atom stereocenters. The molecule has 1 aliphatic rings. The van der Waals surface area contributed by atoms with Gasteiger partial charge >= 0.3 is 0 Å². The lowest BCUT2D eigenvalue weighted by Crippen LogP contribution is -2.08. The van der Waals surface area contributed by atoms with Gasteiger partial charge in [0.25, 0.3) is 0 Å². The van der Waals surface area contributed by atoms with Crippen molar-refractivity contribution >= 4 is 0 Å². The minimum absolute atomic E-state index is 0.00319. The van der Waals surface area contributed by atoms with E-state index in [1.807, 2.05) is 0 Å². The molecule has 0 aromatic heterocycles. The Morgan fingerprint density at radius 3 is 2.70 bits per heavy atom. The minimum Gasteiger partial charge on any atom is -0.393 e. The van der Waals surface area contributed by atoms with Crippen LogP contribution in [-0.4, -0.2) is 11.2 Å². The van der Waals surface area contributed by atoms with Crippen molar-refractivity contribution in [2.24, 2.45) is 11.8 Å². The summed E-state index contributed by atoms with van der Waals surface area (Å²) in [4.78, 5) is 0. The Hall–Kier alpha value is -0.0400. The van der Waals surface area contributed by atoms with Crippen LogP contribution in [0.3, 0.4) is 0 Å². The van der Waals surface area contributed by atoms with Crippen LogP contribution in [0.2, 0.25) is 0 Å². The number of hydrogen-bond donors (Lipinski definition) is 1. The van der Waals surface area contributed by atoms with Gasteiger partial charge in [-0.15, -0.1) is 0 Å². The number of aliphatic hydroxyl groups excluding tert-OH is 1. The second kappa shape index (κ2) is 3.38. The molecule has 0 saturated heterocycles. The molecule has 1 saturated carbocycles. The van der Waals surface area contributed by atoms with Crippen LogP contribution in [-0.2, 0) is 0 Å². The highest BCUT2D eigenvalue weighted by Crippen LogP contribution is 2.45. The van der Waals surface area contributed by atoms with Gasteiger partial charge in [-0.3, -0.25) is 0 Å². The van der Waals surface area contributed by atoms with Crippen LogP contribution in [0.15, 0.2) is 0 Å². The maximum absolute atomic E-state index is 9.39. The third-order valence-electron chi connectivity index (χ3n) is 2.55. The SMILES string of the molecule is CCC[C@@H]1C[C@H]1[C@H](O)CC. The first-order valence-electron chi connectivity index (χ1n) is 4.47. The fourth-order valence-corrected chi connectivity index (χ4v) is 1.75. The Labute approximate surface area is 63.4 Å². The molecule has 1 heteroatoms. The molecular weight excluding hydrogens is 124 g/mol. The summed E-state index contributed by atoms with van der Waals surface area (Å²) in [6, 6.07) is 0. The molecule has 3 atom stereocenters. The summed E-state index contributed by atoms with van der Waals surface area (Å²) in [5, 5.41) is 9.39. The highest BCUT2D eigenvalue weighted by atomic mass is 16.3. The summed E-state index contributed by atoms with van der Waals surface area (Å²) in [6.07, 6.45) is 4.81. The van der Waals surface area contributed by atoms with E-state index in [1.165, 1.54) is 19.3 Å². The summed E-state index contributed by atoms with van der Waals surface area (Å²) in [5.41, 5.74) is 0. The highest BCUT2D eigenvalue weighted by Gasteiger charge is 2.40. The van der Waals surface area contributed by atoms with E-state index in [0.29, 0.717) is 5.92 Å². The lowest BCUT2D eigenvalue weighted by atomic mass is 10.1. The Kier molecular flexibility index (Phi) is 2.72. The van der Waals surface area contributed by atoms with Crippen LogP contribution in [0.25, 0.3) is 0 Å². The first kappa shape index (κ1) is 8.06. The van der Waals surface area contributed by atoms with Gasteiger partial charge in [-0.25, -0.2) is 0 Å². The highest BCUT2D eigenvalue weighted by molar-refractivity contribution is 4.90. The molecule has 0 aromatic carbocycles. The van der Waals surface area contributed by atoms with Crippen LogP contribution in [0.1, 0.15) is 39.5 Å². The maximum Gasteiger partial charge on any atom is 0.0568 e. The van der Waals surface area contributed by atoms with Gasteiger partial charge in [0.05, 0.1) is 6.10 Å². The maximum atomic E-state index is 9.39. The molecule has 0 aromatic rings. The monoisotopic (exact) mass is 142 g/mol. The van der Waals surface area contributed by atoms with Gasteiger partial charge in [0, 0.05) is 0 Å². The fraction of sp³-hybridized carbons (Fsp3) is 1.00. The normalized spacial score (nSPS) is 33.9. The van der Waals surface area contributed by atoms with Crippen molar-refractivity contribution in [3.8, 4) is 0 Å². The smallest absolute Gasteiger partial charge is 0.0568 e. The second-order valence-electron chi connectivity index (χ2n) is 3.42. The van der Waals surface area contributed by atoms with Crippen molar-refractivity contribution in [1.82, 2.24) is 0 Å². The zero-order valence-corrected chi connectivity index (χ0v) is 7.01. The molecule has 1 rings (SSSR count). The van der Waals surface area contributed by atoms with Crippen LogP contribution in [0.4, 0.5) is 0 Å². The fourth-order valence-electron chi connectivity index (χ4n) is 1.75. The zero-order chi connectivity index (χ0) is 7.56. The van der Waals surface area contributed by atoms with E-state index in [-0.39, 0.29) is 6.10 Å². The first-order chi connectivity index (χ1) is 4.79. The van der Waals surface area contributed by atoms with Crippen molar-refractivity contribution in [2.45, 2.75) is 45.6 Å². The van der Waals surface area contributed by atoms with E-state index in [0.717, 1.165) is 12.3 Å². The largest absolute Gasteiger partial charge is 0.393 e. The lowest BCUT2D eigenvalue weighted by molar-refractivity contribution is 0.140. The quantitative estimate of drug-likeness (QED) is 0.638. The van der Waals surface area contributed by atoms with E-state index in [4.69, 9.17) is 0 Å². The molecule has 1 nitrogen and oxygen atoms in total. The molecule has 0 amide bonds. The zero-order valence-electron chi connectivity index (χ0n) is 7.01. The van der Waals surface area contributed by atoms with Crippen LogP contribution in [0, 0.1) is 11.8 Å². The lowest BCUT2D eigenvalue weighted by Gasteiger charge is -2.04. The molecule has 1 aliphatic carbocycles. The third-order valence-corrected chi connectivity index (χ3v) is 2.55. The molecule has 0 aliphatic heterocycles. The Bertz CT molecular complexity index is 101. The van der Waals surface area contributed by atoms with Crippen LogP contribution >= 0.6 is 0 Å². The summed E-state index contributed by atoms with van der Waals surface area (Å²) >= 11 is 0. The summed E-state index contributed by atoms with van der Waals surface area (Å²) in [7, 11) is 0. The van der Waals surface area contributed by atoms with E-state index in [9.17, 15) is 5.11 Å². The molecular formula is C9H18O. The predicted molar refractivity (Wildman–Crippen MR) is 42.8 cm³/mol. The van der Waals surface area contributed by atoms with Gasteiger partial charge in [0.15, 0.2) is 0 Å². The number of aliphatic hydroxyl groups is 1.